The molecule has 0 radical (unpaired) electrons. The Kier molecular flexibility index (Phi) is 5.77. The number of carbonyl (C=O) groups is 2. The predicted octanol–water partition coefficient (Wildman–Crippen LogP) is 4.97. The lowest BCUT2D eigenvalue weighted by Crippen LogP contribution is -2.34. The van der Waals surface area contributed by atoms with Gasteiger partial charge in [-0.15, -0.1) is 11.3 Å². The van der Waals surface area contributed by atoms with E-state index >= 15 is 0 Å². The van der Waals surface area contributed by atoms with Crippen molar-refractivity contribution in [3.8, 4) is 0 Å². The number of nitrogens with one attached hydrogen (secondary N) is 1. The Labute approximate surface area is 165 Å². The maximum absolute atomic E-state index is 13.4. The minimum atomic E-state index is -0.387. The lowest BCUT2D eigenvalue weighted by molar-refractivity contribution is -0.116. The van der Waals surface area contributed by atoms with E-state index < -0.39 is 0 Å². The number of para-hydroxylation sites is 1. The van der Waals surface area contributed by atoms with Crippen molar-refractivity contribution in [2.45, 2.75) is 13.3 Å². The molecule has 0 aliphatic heterocycles. The van der Waals surface area contributed by atoms with Crippen LogP contribution >= 0.6 is 22.9 Å². The SMILES string of the molecule is CCc1ccccc1NC(=O)CN(C)C(=O)c1sc2cc(F)ccc2c1Cl. The molecule has 0 unspecified atom stereocenters. The van der Waals surface area contributed by atoms with Crippen molar-refractivity contribution in [1.29, 1.82) is 0 Å². The minimum absolute atomic E-state index is 0.115. The fraction of sp³-hybridized carbons (Fsp3) is 0.200. The highest BCUT2D eigenvalue weighted by molar-refractivity contribution is 7.21. The van der Waals surface area contributed by atoms with E-state index in [4.69, 9.17) is 11.6 Å². The smallest absolute Gasteiger partial charge is 0.265 e. The standard InChI is InChI=1S/C20H18ClFN2O2S/c1-3-12-6-4-5-7-15(12)23-17(25)11-24(2)20(26)19-18(21)14-9-8-13(22)10-16(14)27-19/h4-10H,3,11H2,1-2H3,(H,23,25). The third-order valence-electron chi connectivity index (χ3n) is 4.19. The van der Waals surface area contributed by atoms with Crippen LogP contribution in [-0.4, -0.2) is 30.3 Å². The number of hydrogen-bond acceptors (Lipinski definition) is 3. The normalized spacial score (nSPS) is 10.8. The van der Waals surface area contributed by atoms with Crippen LogP contribution < -0.4 is 5.32 Å². The number of hydrogen-bond donors (Lipinski definition) is 1. The second-order valence-corrected chi connectivity index (χ2v) is 7.54. The molecule has 0 aliphatic carbocycles. The van der Waals surface area contributed by atoms with Crippen molar-refractivity contribution < 1.29 is 14.0 Å². The molecule has 0 saturated heterocycles. The van der Waals surface area contributed by atoms with Gasteiger partial charge in [0.05, 0.1) is 11.6 Å². The first-order chi connectivity index (χ1) is 12.9. The average Bonchev–Trinajstić information content (AvgIpc) is 2.97. The van der Waals surface area contributed by atoms with Gasteiger partial charge >= 0.3 is 0 Å². The van der Waals surface area contributed by atoms with Crippen molar-refractivity contribution >= 4 is 50.5 Å². The van der Waals surface area contributed by atoms with E-state index in [1.807, 2.05) is 31.2 Å². The van der Waals surface area contributed by atoms with Gasteiger partial charge in [0.15, 0.2) is 0 Å². The highest BCUT2D eigenvalue weighted by Crippen LogP contribution is 2.36. The number of rotatable bonds is 5. The third-order valence-corrected chi connectivity index (χ3v) is 5.83. The molecule has 0 fully saturated rings. The summed E-state index contributed by atoms with van der Waals surface area (Å²) in [7, 11) is 1.54. The van der Waals surface area contributed by atoms with Crippen LogP contribution in [0.25, 0.3) is 10.1 Å². The van der Waals surface area contributed by atoms with E-state index in [0.29, 0.717) is 15.0 Å². The maximum Gasteiger partial charge on any atom is 0.265 e. The number of amides is 2. The lowest BCUT2D eigenvalue weighted by Gasteiger charge is -2.17. The van der Waals surface area contributed by atoms with Gasteiger partial charge in [0, 0.05) is 22.8 Å². The number of aryl methyl sites for hydroxylation is 1. The molecule has 27 heavy (non-hydrogen) atoms. The first kappa shape index (κ1) is 19.3. The number of fused-ring (bicyclic) bond motifs is 1. The summed E-state index contributed by atoms with van der Waals surface area (Å²) >= 11 is 7.41. The second-order valence-electron chi connectivity index (χ2n) is 6.11. The van der Waals surface area contributed by atoms with Crippen LogP contribution in [0.2, 0.25) is 5.02 Å². The Morgan fingerprint density at radius 1 is 1.22 bits per heavy atom. The van der Waals surface area contributed by atoms with Crippen LogP contribution in [0.1, 0.15) is 22.2 Å². The number of anilines is 1. The van der Waals surface area contributed by atoms with Gasteiger partial charge in [-0.2, -0.15) is 0 Å². The Bertz CT molecular complexity index is 1020. The summed E-state index contributed by atoms with van der Waals surface area (Å²) in [6, 6.07) is 11.7. The van der Waals surface area contributed by atoms with E-state index in [9.17, 15) is 14.0 Å². The molecule has 4 nitrogen and oxygen atoms in total. The fourth-order valence-corrected chi connectivity index (χ4v) is 4.31. The molecule has 0 saturated carbocycles. The largest absolute Gasteiger partial charge is 0.332 e. The molecule has 0 bridgehead atoms. The zero-order chi connectivity index (χ0) is 19.6. The Hall–Kier alpha value is -2.44. The number of halogens is 2. The molecule has 0 aliphatic rings. The topological polar surface area (TPSA) is 49.4 Å². The Morgan fingerprint density at radius 3 is 2.70 bits per heavy atom. The van der Waals surface area contributed by atoms with Gasteiger partial charge < -0.3 is 10.2 Å². The van der Waals surface area contributed by atoms with Gasteiger partial charge in [0.1, 0.15) is 10.7 Å². The van der Waals surface area contributed by atoms with E-state index in [1.54, 1.807) is 6.07 Å². The lowest BCUT2D eigenvalue weighted by atomic mass is 10.1. The zero-order valence-electron chi connectivity index (χ0n) is 14.9. The molecule has 2 aromatic carbocycles. The number of benzene rings is 2. The molecule has 1 N–H and O–H groups in total. The van der Waals surface area contributed by atoms with Crippen molar-refractivity contribution in [2.75, 3.05) is 18.9 Å². The molecular weight excluding hydrogens is 387 g/mol. The third kappa shape index (κ3) is 4.12. The van der Waals surface area contributed by atoms with Crippen molar-refractivity contribution in [3.63, 3.8) is 0 Å². The van der Waals surface area contributed by atoms with Crippen LogP contribution in [0.3, 0.4) is 0 Å². The van der Waals surface area contributed by atoms with Gasteiger partial charge in [-0.3, -0.25) is 9.59 Å². The van der Waals surface area contributed by atoms with Crippen molar-refractivity contribution in [1.82, 2.24) is 4.90 Å². The van der Waals surface area contributed by atoms with Gasteiger partial charge in [-0.1, -0.05) is 36.7 Å². The van der Waals surface area contributed by atoms with Crippen molar-refractivity contribution in [3.05, 3.63) is 63.7 Å². The molecule has 1 aromatic heterocycles. The molecular formula is C20H18ClFN2O2S. The van der Waals surface area contributed by atoms with Crippen LogP contribution in [0.5, 0.6) is 0 Å². The summed E-state index contributed by atoms with van der Waals surface area (Å²) in [5.41, 5.74) is 1.76. The number of carbonyl (C=O) groups excluding carboxylic acids is 2. The van der Waals surface area contributed by atoms with Gasteiger partial charge in [-0.05, 0) is 36.2 Å². The highest BCUT2D eigenvalue weighted by Gasteiger charge is 2.22. The number of nitrogens with zero attached hydrogens (tertiary/aromatic N) is 1. The van der Waals surface area contributed by atoms with E-state index in [1.165, 1.54) is 24.1 Å². The van der Waals surface area contributed by atoms with E-state index in [-0.39, 0.29) is 29.2 Å². The first-order valence-electron chi connectivity index (χ1n) is 8.41. The summed E-state index contributed by atoms with van der Waals surface area (Å²) in [6.07, 6.45) is 0.791. The molecule has 140 valence electrons. The van der Waals surface area contributed by atoms with Crippen LogP contribution in [0, 0.1) is 5.82 Å². The minimum Gasteiger partial charge on any atom is -0.332 e. The summed E-state index contributed by atoms with van der Waals surface area (Å²) in [5, 5.41) is 3.74. The fourth-order valence-electron chi connectivity index (χ4n) is 2.78. The predicted molar refractivity (Wildman–Crippen MR) is 108 cm³/mol. The highest BCUT2D eigenvalue weighted by atomic mass is 35.5. The average molecular weight is 405 g/mol. The Balaban J connectivity index is 1.74. The second kappa shape index (κ2) is 8.06. The molecule has 7 heteroatoms. The van der Waals surface area contributed by atoms with Gasteiger partial charge in [0.25, 0.3) is 5.91 Å². The van der Waals surface area contributed by atoms with Gasteiger partial charge in [0.2, 0.25) is 5.91 Å². The molecule has 3 rings (SSSR count). The summed E-state index contributed by atoms with van der Waals surface area (Å²) in [6.45, 7) is 1.89. The Morgan fingerprint density at radius 2 is 1.96 bits per heavy atom. The quantitative estimate of drug-likeness (QED) is 0.652. The number of thiophene rings is 1. The van der Waals surface area contributed by atoms with Crippen molar-refractivity contribution in [2.24, 2.45) is 0 Å². The number of likely N-dealkylation sites (N-methyl/N-ethyl adjacent to an activating group) is 1. The summed E-state index contributed by atoms with van der Waals surface area (Å²) in [4.78, 5) is 26.6. The van der Waals surface area contributed by atoms with Crippen LogP contribution in [-0.2, 0) is 11.2 Å². The maximum atomic E-state index is 13.4. The summed E-state index contributed by atoms with van der Waals surface area (Å²) in [5.74, 6) is -1.06. The monoisotopic (exact) mass is 404 g/mol. The molecule has 1 heterocycles. The first-order valence-corrected chi connectivity index (χ1v) is 9.61. The molecule has 0 spiro atoms. The summed E-state index contributed by atoms with van der Waals surface area (Å²) < 4.78 is 14.0. The van der Waals surface area contributed by atoms with Crippen LogP contribution in [0.4, 0.5) is 10.1 Å². The molecule has 2 amide bonds. The van der Waals surface area contributed by atoms with E-state index in [2.05, 4.69) is 5.32 Å². The molecule has 0 atom stereocenters. The van der Waals surface area contributed by atoms with Crippen LogP contribution in [0.15, 0.2) is 42.5 Å². The molecule has 3 aromatic rings. The zero-order valence-corrected chi connectivity index (χ0v) is 16.5. The van der Waals surface area contributed by atoms with E-state index in [0.717, 1.165) is 29.0 Å². The van der Waals surface area contributed by atoms with Gasteiger partial charge in [-0.25, -0.2) is 4.39 Å².